The Morgan fingerprint density at radius 1 is 1.11 bits per heavy atom. The van der Waals surface area contributed by atoms with Crippen LogP contribution in [0.2, 0.25) is 0 Å². The summed E-state index contributed by atoms with van der Waals surface area (Å²) in [5, 5.41) is 9.62. The summed E-state index contributed by atoms with van der Waals surface area (Å²) in [6, 6.07) is 18.6. The Labute approximate surface area is 217 Å². The fourth-order valence-corrected chi connectivity index (χ4v) is 5.13. The number of carbonyl (C=O) groups is 2. The summed E-state index contributed by atoms with van der Waals surface area (Å²) in [4.78, 5) is 38.5. The van der Waals surface area contributed by atoms with Crippen molar-refractivity contribution in [2.75, 3.05) is 25.1 Å². The maximum atomic E-state index is 15.5. The fourth-order valence-electron chi connectivity index (χ4n) is 5.13. The van der Waals surface area contributed by atoms with E-state index in [9.17, 15) is 19.5 Å². The lowest BCUT2D eigenvalue weighted by Gasteiger charge is -2.24. The van der Waals surface area contributed by atoms with Gasteiger partial charge in [-0.15, -0.1) is 0 Å². The first-order valence-electron chi connectivity index (χ1n) is 12.1. The van der Waals surface area contributed by atoms with Gasteiger partial charge in [0.25, 0.3) is 0 Å². The Kier molecular flexibility index (Phi) is 6.59. The molecule has 0 unspecified atom stereocenters. The third-order valence-electron chi connectivity index (χ3n) is 6.97. The largest absolute Gasteiger partial charge is 0.492 e. The van der Waals surface area contributed by atoms with Gasteiger partial charge in [0.2, 0.25) is 11.3 Å². The summed E-state index contributed by atoms with van der Waals surface area (Å²) >= 11 is 0. The van der Waals surface area contributed by atoms with Crippen molar-refractivity contribution in [3.05, 3.63) is 94.0 Å². The van der Waals surface area contributed by atoms with Crippen molar-refractivity contribution in [1.29, 1.82) is 0 Å². The number of rotatable bonds is 7. The van der Waals surface area contributed by atoms with Crippen molar-refractivity contribution in [3.63, 3.8) is 0 Å². The first kappa shape index (κ1) is 25.0. The standard InChI is InChI=1S/C29H26FN3O5/c1-38-27-24-21(13-23(30)25(27)32-11-10-20(15-32)28(31)35)26(34)22(29(36)37)16-33(24)14-17-6-5-9-19(12-17)18-7-3-2-4-8-18/h2-9,12-13,16,20H,10-11,14-15H2,1H3,(H2,31,35)(H,36,37)/t20-/m1/s1. The number of amides is 1. The van der Waals surface area contributed by atoms with Crippen LogP contribution in [0, 0.1) is 11.7 Å². The van der Waals surface area contributed by atoms with Crippen molar-refractivity contribution in [1.82, 2.24) is 4.57 Å². The first-order chi connectivity index (χ1) is 18.3. The molecule has 3 aromatic carbocycles. The van der Waals surface area contributed by atoms with E-state index in [1.807, 2.05) is 54.6 Å². The molecular formula is C29H26FN3O5. The third kappa shape index (κ3) is 4.47. The van der Waals surface area contributed by atoms with Gasteiger partial charge in [0.1, 0.15) is 11.3 Å². The molecule has 0 saturated carbocycles. The zero-order valence-electron chi connectivity index (χ0n) is 20.7. The SMILES string of the molecule is COc1c(N2CC[C@@H](C(N)=O)C2)c(F)cc2c(=O)c(C(=O)O)cn(Cc3cccc(-c4ccccc4)c3)c12. The van der Waals surface area contributed by atoms with E-state index < -0.39 is 34.6 Å². The van der Waals surface area contributed by atoms with E-state index in [2.05, 4.69) is 0 Å². The summed E-state index contributed by atoms with van der Waals surface area (Å²) in [6.07, 6.45) is 1.73. The summed E-state index contributed by atoms with van der Waals surface area (Å²) in [6.45, 7) is 0.788. The van der Waals surface area contributed by atoms with Crippen LogP contribution in [-0.2, 0) is 11.3 Å². The zero-order chi connectivity index (χ0) is 27.0. The van der Waals surface area contributed by atoms with E-state index in [1.54, 1.807) is 9.47 Å². The average molecular weight is 516 g/mol. The number of aromatic carboxylic acids is 1. The van der Waals surface area contributed by atoms with E-state index in [-0.39, 0.29) is 35.4 Å². The van der Waals surface area contributed by atoms with Gasteiger partial charge in [0.15, 0.2) is 11.6 Å². The van der Waals surface area contributed by atoms with Crippen LogP contribution in [0.1, 0.15) is 22.3 Å². The highest BCUT2D eigenvalue weighted by atomic mass is 19.1. The number of carboxylic acids is 1. The molecule has 1 fully saturated rings. The van der Waals surface area contributed by atoms with Gasteiger partial charge in [-0.25, -0.2) is 9.18 Å². The third-order valence-corrected chi connectivity index (χ3v) is 6.97. The number of hydrogen-bond acceptors (Lipinski definition) is 5. The molecule has 5 rings (SSSR count). The molecule has 2 heterocycles. The Bertz CT molecular complexity index is 1620. The number of carbonyl (C=O) groups excluding carboxylic acids is 1. The fraction of sp³-hybridized carbons (Fsp3) is 0.207. The first-order valence-corrected chi connectivity index (χ1v) is 12.1. The number of aromatic nitrogens is 1. The minimum atomic E-state index is -1.41. The summed E-state index contributed by atoms with van der Waals surface area (Å²) in [7, 11) is 1.37. The van der Waals surface area contributed by atoms with E-state index in [4.69, 9.17) is 10.5 Å². The molecule has 194 valence electrons. The van der Waals surface area contributed by atoms with Crippen LogP contribution in [0.3, 0.4) is 0 Å². The summed E-state index contributed by atoms with van der Waals surface area (Å²) < 4.78 is 22.8. The highest BCUT2D eigenvalue weighted by Crippen LogP contribution is 2.40. The van der Waals surface area contributed by atoms with Gasteiger partial charge >= 0.3 is 5.97 Å². The van der Waals surface area contributed by atoms with Crippen LogP contribution < -0.4 is 20.8 Å². The molecule has 3 N–H and O–H groups in total. The Morgan fingerprint density at radius 2 is 1.84 bits per heavy atom. The molecule has 1 aliphatic rings. The lowest BCUT2D eigenvalue weighted by molar-refractivity contribution is -0.121. The molecule has 0 spiro atoms. The number of halogens is 1. The molecule has 8 nitrogen and oxygen atoms in total. The highest BCUT2D eigenvalue weighted by molar-refractivity contribution is 5.97. The second kappa shape index (κ2) is 10.0. The van der Waals surface area contributed by atoms with Crippen molar-refractivity contribution in [2.45, 2.75) is 13.0 Å². The summed E-state index contributed by atoms with van der Waals surface area (Å²) in [5.41, 5.74) is 7.41. The predicted molar refractivity (Wildman–Crippen MR) is 142 cm³/mol. The zero-order valence-corrected chi connectivity index (χ0v) is 20.7. The van der Waals surface area contributed by atoms with Crippen LogP contribution in [0.5, 0.6) is 5.75 Å². The number of hydrogen-bond donors (Lipinski definition) is 2. The molecule has 0 aliphatic carbocycles. The number of nitrogens with two attached hydrogens (primary N) is 1. The normalized spacial score (nSPS) is 15.1. The van der Waals surface area contributed by atoms with Crippen molar-refractivity contribution >= 4 is 28.5 Å². The highest BCUT2D eigenvalue weighted by Gasteiger charge is 2.32. The van der Waals surface area contributed by atoms with Crippen LogP contribution >= 0.6 is 0 Å². The molecule has 9 heteroatoms. The Morgan fingerprint density at radius 3 is 2.50 bits per heavy atom. The van der Waals surface area contributed by atoms with Crippen molar-refractivity contribution in [2.24, 2.45) is 11.7 Å². The van der Waals surface area contributed by atoms with Crippen LogP contribution in [0.15, 0.2) is 71.7 Å². The second-order valence-corrected chi connectivity index (χ2v) is 9.34. The predicted octanol–water partition coefficient (Wildman–Crippen LogP) is 3.87. The number of benzene rings is 3. The van der Waals surface area contributed by atoms with Crippen LogP contribution in [-0.4, -0.2) is 41.7 Å². The number of anilines is 1. The van der Waals surface area contributed by atoms with Crippen LogP contribution in [0.25, 0.3) is 22.0 Å². The van der Waals surface area contributed by atoms with Gasteiger partial charge in [-0.3, -0.25) is 9.59 Å². The lowest BCUT2D eigenvalue weighted by atomic mass is 10.0. The quantitative estimate of drug-likeness (QED) is 0.386. The summed E-state index contributed by atoms with van der Waals surface area (Å²) in [5.74, 6) is -2.95. The Hall–Kier alpha value is -4.66. The van der Waals surface area contributed by atoms with Crippen molar-refractivity contribution in [3.8, 4) is 16.9 Å². The molecular weight excluding hydrogens is 489 g/mol. The van der Waals surface area contributed by atoms with E-state index >= 15 is 4.39 Å². The number of methoxy groups -OCH3 is 1. The number of nitrogens with zero attached hydrogens (tertiary/aromatic N) is 2. The Balaban J connectivity index is 1.70. The van der Waals surface area contributed by atoms with E-state index in [0.717, 1.165) is 22.8 Å². The van der Waals surface area contributed by atoms with Gasteiger partial charge in [0, 0.05) is 25.8 Å². The molecule has 4 aromatic rings. The molecule has 1 aliphatic heterocycles. The monoisotopic (exact) mass is 515 g/mol. The molecule has 38 heavy (non-hydrogen) atoms. The average Bonchev–Trinajstić information content (AvgIpc) is 3.40. The maximum Gasteiger partial charge on any atom is 0.341 e. The van der Waals surface area contributed by atoms with Gasteiger partial charge in [-0.1, -0.05) is 48.5 Å². The molecule has 1 amide bonds. The molecule has 1 aromatic heterocycles. The van der Waals surface area contributed by atoms with Crippen LogP contribution in [0.4, 0.5) is 10.1 Å². The molecule has 0 radical (unpaired) electrons. The van der Waals surface area contributed by atoms with Gasteiger partial charge in [0.05, 0.1) is 23.9 Å². The number of primary amides is 1. The van der Waals surface area contributed by atoms with E-state index in [1.165, 1.54) is 13.3 Å². The molecule has 0 bridgehead atoms. The van der Waals surface area contributed by atoms with E-state index in [0.29, 0.717) is 13.0 Å². The number of pyridine rings is 1. The minimum absolute atomic E-state index is 0.0957. The lowest BCUT2D eigenvalue weighted by Crippen LogP contribution is -2.28. The minimum Gasteiger partial charge on any atom is -0.492 e. The second-order valence-electron chi connectivity index (χ2n) is 9.34. The topological polar surface area (TPSA) is 115 Å². The molecule has 1 atom stereocenters. The molecule has 1 saturated heterocycles. The number of fused-ring (bicyclic) bond motifs is 1. The number of carboxylic acid groups (broad SMARTS) is 1. The maximum absolute atomic E-state index is 15.5. The smallest absolute Gasteiger partial charge is 0.341 e. The van der Waals surface area contributed by atoms with Gasteiger partial charge in [-0.05, 0) is 35.2 Å². The van der Waals surface area contributed by atoms with Crippen molar-refractivity contribution < 1.29 is 23.8 Å². The van der Waals surface area contributed by atoms with Gasteiger partial charge < -0.3 is 25.0 Å². The van der Waals surface area contributed by atoms with Gasteiger partial charge in [-0.2, -0.15) is 0 Å². The number of ether oxygens (including phenoxy) is 1.